The van der Waals surface area contributed by atoms with E-state index in [0.29, 0.717) is 12.8 Å². The van der Waals surface area contributed by atoms with E-state index in [1.54, 1.807) is 12.2 Å². The van der Waals surface area contributed by atoms with Crippen LogP contribution in [0.25, 0.3) is 0 Å². The van der Waals surface area contributed by atoms with Gasteiger partial charge in [-0.2, -0.15) is 0 Å². The Morgan fingerprint density at radius 1 is 1.04 bits per heavy atom. The van der Waals surface area contributed by atoms with Crippen LogP contribution in [0, 0.1) is 11.8 Å². The average Bonchev–Trinajstić information content (AvgIpc) is 2.89. The molecule has 0 aliphatic heterocycles. The Hall–Kier alpha value is -1.69. The summed E-state index contributed by atoms with van der Waals surface area (Å²) in [6.45, 7) is 2.11. The first-order chi connectivity index (χ1) is 13.0. The highest BCUT2D eigenvalue weighted by Crippen LogP contribution is 2.36. The molecule has 0 heterocycles. The maximum Gasteiger partial charge on any atom is 0.303 e. The van der Waals surface area contributed by atoms with Crippen molar-refractivity contribution in [2.75, 3.05) is 0 Å². The highest BCUT2D eigenvalue weighted by molar-refractivity contribution is 5.66. The number of aliphatic hydroxyl groups excluding tert-OH is 3. The normalized spacial score (nSPS) is 27.6. The summed E-state index contributed by atoms with van der Waals surface area (Å²) in [6.07, 6.45) is 17.5. The van der Waals surface area contributed by atoms with Gasteiger partial charge < -0.3 is 20.4 Å². The van der Waals surface area contributed by atoms with Crippen LogP contribution < -0.4 is 0 Å². The van der Waals surface area contributed by atoms with Crippen molar-refractivity contribution in [2.24, 2.45) is 11.8 Å². The largest absolute Gasteiger partial charge is 0.481 e. The maximum atomic E-state index is 10.8. The Morgan fingerprint density at radius 3 is 2.30 bits per heavy atom. The number of allylic oxidation sites excluding steroid dienone is 5. The third-order valence-electron chi connectivity index (χ3n) is 4.82. The lowest BCUT2D eigenvalue weighted by Gasteiger charge is -2.20. The van der Waals surface area contributed by atoms with Gasteiger partial charge in [-0.15, -0.1) is 0 Å². The molecule has 0 saturated heterocycles. The Kier molecular flexibility index (Phi) is 11.7. The molecule has 27 heavy (non-hydrogen) atoms. The first kappa shape index (κ1) is 23.3. The summed E-state index contributed by atoms with van der Waals surface area (Å²) in [6, 6.07) is 0. The second kappa shape index (κ2) is 13.5. The third kappa shape index (κ3) is 9.70. The predicted molar refractivity (Wildman–Crippen MR) is 107 cm³/mol. The van der Waals surface area contributed by atoms with Crippen LogP contribution in [0.1, 0.15) is 51.9 Å². The highest BCUT2D eigenvalue weighted by atomic mass is 16.4. The number of carboxylic acid groups (broad SMARTS) is 1. The van der Waals surface area contributed by atoms with E-state index >= 15 is 0 Å². The minimum atomic E-state index is -0.910. The lowest BCUT2D eigenvalue weighted by atomic mass is 9.88. The molecule has 0 bridgehead atoms. The monoisotopic (exact) mass is 378 g/mol. The van der Waals surface area contributed by atoms with Crippen LogP contribution in [0.2, 0.25) is 0 Å². The predicted octanol–water partition coefficient (Wildman–Crippen LogP) is 3.38. The fourth-order valence-corrected chi connectivity index (χ4v) is 3.35. The molecule has 0 aromatic heterocycles. The average molecular weight is 379 g/mol. The first-order valence-corrected chi connectivity index (χ1v) is 9.85. The van der Waals surface area contributed by atoms with Crippen molar-refractivity contribution >= 4 is 5.97 Å². The van der Waals surface area contributed by atoms with Gasteiger partial charge in [0.05, 0.1) is 18.3 Å². The van der Waals surface area contributed by atoms with Gasteiger partial charge in [0.15, 0.2) is 0 Å². The molecule has 5 heteroatoms. The number of aliphatic hydroxyl groups is 3. The maximum absolute atomic E-state index is 10.8. The molecule has 0 aromatic rings. The molecule has 1 aliphatic carbocycles. The van der Waals surface area contributed by atoms with Gasteiger partial charge in [-0.1, -0.05) is 55.5 Å². The molecular formula is C22H34O5. The lowest BCUT2D eigenvalue weighted by molar-refractivity contribution is -0.137. The smallest absolute Gasteiger partial charge is 0.303 e. The zero-order valence-corrected chi connectivity index (χ0v) is 16.2. The Balaban J connectivity index is 2.39. The third-order valence-corrected chi connectivity index (χ3v) is 4.82. The molecule has 152 valence electrons. The zero-order chi connectivity index (χ0) is 20.1. The Morgan fingerprint density at radius 2 is 1.67 bits per heavy atom. The molecule has 0 spiro atoms. The molecule has 0 unspecified atom stereocenters. The summed E-state index contributed by atoms with van der Waals surface area (Å²) in [5.41, 5.74) is 0. The van der Waals surface area contributed by atoms with Gasteiger partial charge in [-0.3, -0.25) is 4.79 Å². The fourth-order valence-electron chi connectivity index (χ4n) is 3.35. The molecule has 1 rings (SSSR count). The van der Waals surface area contributed by atoms with Gasteiger partial charge >= 0.3 is 5.97 Å². The Bertz CT molecular complexity index is 535. The van der Waals surface area contributed by atoms with Gasteiger partial charge in [0.1, 0.15) is 0 Å². The summed E-state index contributed by atoms with van der Waals surface area (Å²) in [7, 11) is 0. The topological polar surface area (TPSA) is 98.0 Å². The molecule has 1 aliphatic rings. The summed E-state index contributed by atoms with van der Waals surface area (Å²) >= 11 is 0. The van der Waals surface area contributed by atoms with Crippen molar-refractivity contribution in [2.45, 2.75) is 70.2 Å². The number of hydrogen-bond acceptors (Lipinski definition) is 4. The van der Waals surface area contributed by atoms with E-state index in [1.807, 2.05) is 12.2 Å². The van der Waals surface area contributed by atoms with Gasteiger partial charge in [0.2, 0.25) is 0 Å². The van der Waals surface area contributed by atoms with Crippen molar-refractivity contribution in [1.29, 1.82) is 0 Å². The second-order valence-corrected chi connectivity index (χ2v) is 7.03. The van der Waals surface area contributed by atoms with Crippen LogP contribution in [0.15, 0.2) is 48.6 Å². The fraction of sp³-hybridized carbons (Fsp3) is 0.591. The lowest BCUT2D eigenvalue weighted by Crippen LogP contribution is -2.22. The molecule has 1 fully saturated rings. The SMILES string of the molecule is CC/C=C\C/C=C/C/C=C\C[C@@H](O)/C=C/[C@H]1[C@@H](CCC(=O)O)[C@H](O)C[C@@H]1O. The highest BCUT2D eigenvalue weighted by Gasteiger charge is 2.40. The van der Waals surface area contributed by atoms with Crippen molar-refractivity contribution < 1.29 is 25.2 Å². The number of aliphatic carboxylic acids is 1. The van der Waals surface area contributed by atoms with E-state index in [1.165, 1.54) is 0 Å². The second-order valence-electron chi connectivity index (χ2n) is 7.03. The molecule has 0 amide bonds. The molecule has 0 radical (unpaired) electrons. The Labute approximate surface area is 162 Å². The first-order valence-electron chi connectivity index (χ1n) is 9.85. The van der Waals surface area contributed by atoms with Crippen LogP contribution in [0.5, 0.6) is 0 Å². The van der Waals surface area contributed by atoms with E-state index in [0.717, 1.165) is 19.3 Å². The van der Waals surface area contributed by atoms with E-state index in [-0.39, 0.29) is 24.7 Å². The molecular weight excluding hydrogens is 344 g/mol. The van der Waals surface area contributed by atoms with E-state index in [2.05, 4.69) is 31.2 Å². The quantitative estimate of drug-likeness (QED) is 0.390. The number of hydrogen-bond donors (Lipinski definition) is 4. The zero-order valence-electron chi connectivity index (χ0n) is 16.2. The standard InChI is InChI=1S/C22H34O5/c1-2-3-4-5-6-7-8-9-10-11-17(23)12-13-18-19(14-15-22(26)27)21(25)16-20(18)24/h3-4,6-7,9-10,12-13,17-21,23-25H,2,5,8,11,14-16H2,1H3,(H,26,27)/b4-3-,7-6+,10-9-,13-12+/t17-,18+,19-,20+,21-/m1/s1. The van der Waals surface area contributed by atoms with Crippen LogP contribution >= 0.6 is 0 Å². The van der Waals surface area contributed by atoms with Crippen molar-refractivity contribution in [3.63, 3.8) is 0 Å². The van der Waals surface area contributed by atoms with Gasteiger partial charge in [0, 0.05) is 18.8 Å². The van der Waals surface area contributed by atoms with Crippen LogP contribution in [0.3, 0.4) is 0 Å². The van der Waals surface area contributed by atoms with Crippen LogP contribution in [0.4, 0.5) is 0 Å². The van der Waals surface area contributed by atoms with Crippen molar-refractivity contribution in [1.82, 2.24) is 0 Å². The van der Waals surface area contributed by atoms with Gasteiger partial charge in [-0.25, -0.2) is 0 Å². The van der Waals surface area contributed by atoms with Crippen LogP contribution in [-0.2, 0) is 4.79 Å². The van der Waals surface area contributed by atoms with Crippen molar-refractivity contribution in [3.05, 3.63) is 48.6 Å². The molecule has 0 aromatic carbocycles. The molecule has 4 N–H and O–H groups in total. The van der Waals surface area contributed by atoms with E-state index in [9.17, 15) is 20.1 Å². The number of carboxylic acids is 1. The summed E-state index contributed by atoms with van der Waals surface area (Å²) in [5.74, 6) is -1.52. The minimum absolute atomic E-state index is 0.0359. The minimum Gasteiger partial charge on any atom is -0.481 e. The van der Waals surface area contributed by atoms with Gasteiger partial charge in [-0.05, 0) is 38.0 Å². The summed E-state index contributed by atoms with van der Waals surface area (Å²) in [4.78, 5) is 10.8. The van der Waals surface area contributed by atoms with E-state index < -0.39 is 24.3 Å². The van der Waals surface area contributed by atoms with E-state index in [4.69, 9.17) is 5.11 Å². The molecule has 5 atom stereocenters. The summed E-state index contributed by atoms with van der Waals surface area (Å²) < 4.78 is 0. The molecule has 1 saturated carbocycles. The molecule has 5 nitrogen and oxygen atoms in total. The number of carbonyl (C=O) groups is 1. The van der Waals surface area contributed by atoms with Crippen molar-refractivity contribution in [3.8, 4) is 0 Å². The number of rotatable bonds is 12. The van der Waals surface area contributed by atoms with Gasteiger partial charge in [0.25, 0.3) is 0 Å². The summed E-state index contributed by atoms with van der Waals surface area (Å²) in [5, 5.41) is 39.0. The van der Waals surface area contributed by atoms with Crippen LogP contribution in [-0.4, -0.2) is 44.7 Å².